The number of nitrogens with one attached hydrogen (secondary N) is 1. The average molecular weight is 969 g/mol. The van der Waals surface area contributed by atoms with E-state index in [0.717, 1.165) is 55.3 Å². The van der Waals surface area contributed by atoms with Crippen molar-refractivity contribution in [2.24, 2.45) is 0 Å². The zero-order chi connectivity index (χ0) is 50.3. The van der Waals surface area contributed by atoms with Gasteiger partial charge in [0.25, 0.3) is 0 Å². The predicted molar refractivity (Wildman–Crippen MR) is 316 cm³/mol. The molecule has 0 saturated carbocycles. The Hall–Kier alpha value is -10.5. The number of nitriles is 1. The molecular weight excluding hydrogens is 925 g/mol. The number of rotatable bonds is 5. The van der Waals surface area contributed by atoms with Crippen LogP contribution in [-0.4, -0.2) is 23.7 Å². The Morgan fingerprint density at radius 1 is 0.303 bits per heavy atom. The van der Waals surface area contributed by atoms with E-state index in [-0.39, 0.29) is 0 Å². The lowest BCUT2D eigenvalue weighted by atomic mass is 10.0. The molecule has 0 aliphatic carbocycles. The van der Waals surface area contributed by atoms with E-state index in [4.69, 9.17) is 4.98 Å². The third kappa shape index (κ3) is 6.84. The number of benzene rings is 11. The van der Waals surface area contributed by atoms with Gasteiger partial charge in [0.05, 0.1) is 50.2 Å². The topological polar surface area (TPSA) is 67.3 Å². The van der Waals surface area contributed by atoms with Crippen molar-refractivity contribution in [3.8, 4) is 45.5 Å². The number of hydrogen-bond donors (Lipinski definition) is 1. The summed E-state index contributed by atoms with van der Waals surface area (Å²) in [5.74, 6) is 0.744. The summed E-state index contributed by atoms with van der Waals surface area (Å²) < 4.78 is 6.91. The first-order chi connectivity index (χ1) is 37.6. The first kappa shape index (κ1) is 43.1. The molecule has 6 nitrogen and oxygen atoms in total. The van der Waals surface area contributed by atoms with Gasteiger partial charge in [0, 0.05) is 70.9 Å². The minimum atomic E-state index is 0.621. The third-order valence-corrected chi connectivity index (χ3v) is 15.3. The van der Waals surface area contributed by atoms with E-state index in [9.17, 15) is 5.26 Å². The number of aromatic amines is 1. The van der Waals surface area contributed by atoms with Crippen LogP contribution in [-0.2, 0) is 0 Å². The molecule has 0 atom stereocenters. The Bertz CT molecular complexity index is 5010. The van der Waals surface area contributed by atoms with Crippen molar-refractivity contribution in [1.29, 1.82) is 5.26 Å². The Morgan fingerprint density at radius 2 is 0.724 bits per heavy atom. The summed E-state index contributed by atoms with van der Waals surface area (Å²) in [6, 6.07) is 94.6. The van der Waals surface area contributed by atoms with E-state index >= 15 is 0 Å². The summed E-state index contributed by atoms with van der Waals surface area (Å²) in [6.45, 7) is 0. The van der Waals surface area contributed by atoms with E-state index in [1.54, 1.807) is 0 Å². The van der Waals surface area contributed by atoms with Crippen molar-refractivity contribution in [2.75, 3.05) is 0 Å². The molecule has 0 amide bonds. The molecule has 0 unspecified atom stereocenters. The van der Waals surface area contributed by atoms with Gasteiger partial charge in [-0.15, -0.1) is 0 Å². The summed E-state index contributed by atoms with van der Waals surface area (Å²) in [5, 5.41) is 20.7. The molecule has 0 radical (unpaired) electrons. The summed E-state index contributed by atoms with van der Waals surface area (Å²) >= 11 is 0. The second kappa shape index (κ2) is 17.3. The first-order valence-electron chi connectivity index (χ1n) is 25.7. The average Bonchev–Trinajstić information content (AvgIpc) is 4.24. The molecule has 0 bridgehead atoms. The van der Waals surface area contributed by atoms with Crippen LogP contribution in [0.2, 0.25) is 0 Å². The van der Waals surface area contributed by atoms with Crippen LogP contribution in [0.5, 0.6) is 0 Å². The minimum Gasteiger partial charge on any atom is -0.355 e. The molecule has 1 N–H and O–H groups in total. The van der Waals surface area contributed by atoms with Gasteiger partial charge in [0.1, 0.15) is 5.82 Å². The molecule has 0 spiro atoms. The van der Waals surface area contributed by atoms with Gasteiger partial charge in [0.2, 0.25) is 0 Å². The van der Waals surface area contributed by atoms with Crippen molar-refractivity contribution in [3.63, 3.8) is 0 Å². The van der Waals surface area contributed by atoms with Crippen LogP contribution >= 0.6 is 0 Å². The van der Waals surface area contributed by atoms with Gasteiger partial charge >= 0.3 is 0 Å². The molecule has 16 rings (SSSR count). The first-order valence-corrected chi connectivity index (χ1v) is 25.7. The molecule has 11 aromatic carbocycles. The highest BCUT2D eigenvalue weighted by Gasteiger charge is 2.19. The maximum Gasteiger partial charge on any atom is 0.139 e. The molecule has 0 fully saturated rings. The van der Waals surface area contributed by atoms with E-state index < -0.39 is 0 Å². The largest absolute Gasteiger partial charge is 0.355 e. The highest BCUT2D eigenvalue weighted by molar-refractivity contribution is 6.14. The number of H-pyrrole nitrogens is 1. The van der Waals surface area contributed by atoms with E-state index in [2.05, 4.69) is 255 Å². The lowest BCUT2D eigenvalue weighted by Gasteiger charge is -2.10. The molecule has 0 saturated heterocycles. The van der Waals surface area contributed by atoms with Gasteiger partial charge in [-0.05, 0) is 119 Å². The van der Waals surface area contributed by atoms with Gasteiger partial charge in [0.15, 0.2) is 0 Å². The fraction of sp³-hybridized carbons (Fsp3) is 0. The van der Waals surface area contributed by atoms with Gasteiger partial charge in [-0.1, -0.05) is 164 Å². The van der Waals surface area contributed by atoms with Gasteiger partial charge in [-0.25, -0.2) is 4.98 Å². The molecule has 354 valence electrons. The Morgan fingerprint density at radius 3 is 1.33 bits per heavy atom. The lowest BCUT2D eigenvalue weighted by molar-refractivity contribution is 1.10. The summed E-state index contributed by atoms with van der Waals surface area (Å²) in [7, 11) is 0. The minimum absolute atomic E-state index is 0.621. The maximum atomic E-state index is 9.97. The van der Waals surface area contributed by atoms with Gasteiger partial charge < -0.3 is 14.1 Å². The fourth-order valence-electron chi connectivity index (χ4n) is 11.8. The molecular formula is C70H44N6. The van der Waals surface area contributed by atoms with Crippen LogP contribution in [0.15, 0.2) is 261 Å². The van der Waals surface area contributed by atoms with E-state index in [1.165, 1.54) is 82.2 Å². The number of para-hydroxylation sites is 7. The molecule has 5 heterocycles. The summed E-state index contributed by atoms with van der Waals surface area (Å²) in [4.78, 5) is 8.54. The van der Waals surface area contributed by atoms with Crippen molar-refractivity contribution in [1.82, 2.24) is 23.7 Å². The zero-order valence-corrected chi connectivity index (χ0v) is 41.1. The smallest absolute Gasteiger partial charge is 0.139 e. The Kier molecular flexibility index (Phi) is 9.84. The predicted octanol–water partition coefficient (Wildman–Crippen LogP) is 18.1. The molecule has 6 heteroatoms. The standard InChI is InChI=1S/C40H24N4.C30H20N2/c41-25-28-24-40(42-35-15-7-4-12-30(28)35)44-37-17-9-6-14-32(37)34-22-26(19-21-38(34)44)27-18-20-33-31-13-5-8-16-36(31)43(39(33)23-27)29-10-2-1-3-11-29;1-2-8-22(9-3-1)32-29-13-7-5-11-24(29)25-16-14-21(19-30(25)32)20-15-17-28-26(18-20)23-10-4-6-12-27(23)31-28/h1-24H;1-19,31H. The lowest BCUT2D eigenvalue weighted by Crippen LogP contribution is -1.99. The number of hydrogen-bond acceptors (Lipinski definition) is 2. The van der Waals surface area contributed by atoms with Crippen LogP contribution in [0.25, 0.3) is 138 Å². The van der Waals surface area contributed by atoms with Crippen LogP contribution in [0.4, 0.5) is 0 Å². The molecule has 0 aliphatic rings. The fourth-order valence-corrected chi connectivity index (χ4v) is 11.8. The van der Waals surface area contributed by atoms with E-state index in [1.807, 2.05) is 30.3 Å². The van der Waals surface area contributed by atoms with Crippen LogP contribution in [0, 0.1) is 11.3 Å². The monoisotopic (exact) mass is 968 g/mol. The van der Waals surface area contributed by atoms with Crippen LogP contribution in [0.3, 0.4) is 0 Å². The quantitative estimate of drug-likeness (QED) is 0.187. The van der Waals surface area contributed by atoms with Crippen molar-refractivity contribution < 1.29 is 0 Å². The number of aromatic nitrogens is 5. The highest BCUT2D eigenvalue weighted by atomic mass is 15.1. The van der Waals surface area contributed by atoms with Crippen LogP contribution in [0.1, 0.15) is 5.56 Å². The van der Waals surface area contributed by atoms with Crippen molar-refractivity contribution in [3.05, 3.63) is 266 Å². The van der Waals surface area contributed by atoms with Gasteiger partial charge in [-0.2, -0.15) is 5.26 Å². The van der Waals surface area contributed by atoms with Gasteiger partial charge in [-0.3, -0.25) is 4.57 Å². The van der Waals surface area contributed by atoms with Crippen molar-refractivity contribution >= 4 is 98.1 Å². The molecule has 16 aromatic rings. The SMILES string of the molecule is N#Cc1cc(-n2c3ccccc3c3cc(-c4ccc5c6ccccc6n(-c6ccccc6)c5c4)ccc32)nc2ccccc12.c1ccc(-n2c3ccccc3c3ccc(-c4ccc5[nH]c6ccccc6c5c4)cc32)cc1. The number of fused-ring (bicyclic) bond motifs is 13. The van der Waals surface area contributed by atoms with Crippen LogP contribution < -0.4 is 0 Å². The normalized spacial score (nSPS) is 11.7. The maximum absolute atomic E-state index is 9.97. The molecule has 76 heavy (non-hydrogen) atoms. The molecule has 0 aliphatic heterocycles. The van der Waals surface area contributed by atoms with E-state index in [0.29, 0.717) is 5.56 Å². The van der Waals surface area contributed by atoms with Crippen molar-refractivity contribution in [2.45, 2.75) is 0 Å². The zero-order valence-electron chi connectivity index (χ0n) is 41.1. The Labute approximate surface area is 436 Å². The third-order valence-electron chi connectivity index (χ3n) is 15.3. The summed E-state index contributed by atoms with van der Waals surface area (Å²) in [5.41, 5.74) is 17.8. The number of pyridine rings is 1. The molecule has 5 aromatic heterocycles. The number of nitrogens with zero attached hydrogens (tertiary/aromatic N) is 5. The second-order valence-corrected chi connectivity index (χ2v) is 19.5. The second-order valence-electron chi connectivity index (χ2n) is 19.5. The highest BCUT2D eigenvalue weighted by Crippen LogP contribution is 2.40. The Balaban J connectivity index is 0.000000140. The summed E-state index contributed by atoms with van der Waals surface area (Å²) in [6.07, 6.45) is 0.